The summed E-state index contributed by atoms with van der Waals surface area (Å²) in [6.45, 7) is 6.75. The van der Waals surface area contributed by atoms with Gasteiger partial charge in [-0.2, -0.15) is 0 Å². The molecule has 28 heavy (non-hydrogen) atoms. The van der Waals surface area contributed by atoms with Gasteiger partial charge in [0.15, 0.2) is 0 Å². The Kier molecular flexibility index (Phi) is 7.07. The van der Waals surface area contributed by atoms with Gasteiger partial charge in [-0.15, -0.1) is 0 Å². The van der Waals surface area contributed by atoms with E-state index in [0.29, 0.717) is 12.3 Å². The molecule has 1 N–H and O–H groups in total. The minimum Gasteiger partial charge on any atom is -0.492 e. The number of rotatable bonds is 8. The highest BCUT2D eigenvalue weighted by molar-refractivity contribution is 7.92. The number of hydrogen-bond acceptors (Lipinski definition) is 4. The Morgan fingerprint density at radius 2 is 1.64 bits per heavy atom. The molecule has 152 valence electrons. The molecule has 0 aliphatic carbocycles. The molecule has 0 fully saturated rings. The maximum absolute atomic E-state index is 12.2. The number of anilines is 1. The number of amides is 1. The van der Waals surface area contributed by atoms with Crippen LogP contribution in [0.25, 0.3) is 0 Å². The number of para-hydroxylation sites is 1. The highest BCUT2D eigenvalue weighted by Gasteiger charge is 2.20. The van der Waals surface area contributed by atoms with E-state index in [1.807, 2.05) is 24.3 Å². The molecule has 2 aromatic rings. The van der Waals surface area contributed by atoms with Gasteiger partial charge in [-0.1, -0.05) is 51.1 Å². The van der Waals surface area contributed by atoms with Crippen LogP contribution in [-0.4, -0.2) is 40.3 Å². The lowest BCUT2D eigenvalue weighted by Crippen LogP contribution is -2.41. The smallest absolute Gasteiger partial charge is 0.240 e. The van der Waals surface area contributed by atoms with E-state index < -0.39 is 10.0 Å². The standard InChI is InChI=1S/C21H28N2O4S/c1-21(2,3)17-10-12-19(13-11-17)27-15-14-22-20(24)16-23(28(4,25)26)18-8-6-5-7-9-18/h5-13H,14-16H2,1-4H3,(H,22,24). The SMILES string of the molecule is CC(C)(C)c1ccc(OCCNC(=O)CN(c2ccccc2)S(C)(=O)=O)cc1. The summed E-state index contributed by atoms with van der Waals surface area (Å²) in [6.07, 6.45) is 1.08. The number of hydrogen-bond donors (Lipinski definition) is 1. The van der Waals surface area contributed by atoms with Crippen molar-refractivity contribution in [2.24, 2.45) is 0 Å². The van der Waals surface area contributed by atoms with E-state index in [1.165, 1.54) is 5.56 Å². The molecule has 0 radical (unpaired) electrons. The van der Waals surface area contributed by atoms with Crippen LogP contribution in [-0.2, 0) is 20.2 Å². The Hall–Kier alpha value is -2.54. The van der Waals surface area contributed by atoms with Crippen molar-refractivity contribution in [3.05, 3.63) is 60.2 Å². The molecule has 0 unspecified atom stereocenters. The predicted molar refractivity (Wildman–Crippen MR) is 112 cm³/mol. The molecule has 0 aliphatic rings. The van der Waals surface area contributed by atoms with Crippen molar-refractivity contribution in [1.29, 1.82) is 0 Å². The average Bonchev–Trinajstić information content (AvgIpc) is 2.63. The fraction of sp³-hybridized carbons (Fsp3) is 0.381. The number of nitrogens with one attached hydrogen (secondary N) is 1. The first-order valence-corrected chi connectivity index (χ1v) is 10.9. The van der Waals surface area contributed by atoms with Gasteiger partial charge < -0.3 is 10.1 Å². The van der Waals surface area contributed by atoms with Crippen LogP contribution < -0.4 is 14.4 Å². The van der Waals surface area contributed by atoms with Gasteiger partial charge in [0, 0.05) is 0 Å². The monoisotopic (exact) mass is 404 g/mol. The second kappa shape index (κ2) is 9.10. The Balaban J connectivity index is 1.83. The van der Waals surface area contributed by atoms with Crippen molar-refractivity contribution < 1.29 is 17.9 Å². The fourth-order valence-electron chi connectivity index (χ4n) is 2.59. The molecule has 0 bridgehead atoms. The van der Waals surface area contributed by atoms with E-state index in [0.717, 1.165) is 16.3 Å². The summed E-state index contributed by atoms with van der Waals surface area (Å²) < 4.78 is 30.7. The van der Waals surface area contributed by atoms with Crippen molar-refractivity contribution in [3.63, 3.8) is 0 Å². The van der Waals surface area contributed by atoms with E-state index in [2.05, 4.69) is 26.1 Å². The fourth-order valence-corrected chi connectivity index (χ4v) is 3.45. The Bertz CT molecular complexity index is 873. The topological polar surface area (TPSA) is 75.7 Å². The predicted octanol–water partition coefficient (Wildman–Crippen LogP) is 2.95. The van der Waals surface area contributed by atoms with Gasteiger partial charge in [0.2, 0.25) is 15.9 Å². The molecular weight excluding hydrogens is 376 g/mol. The van der Waals surface area contributed by atoms with Crippen molar-refractivity contribution in [1.82, 2.24) is 5.32 Å². The number of carbonyl (C=O) groups is 1. The number of ether oxygens (including phenoxy) is 1. The molecule has 2 aromatic carbocycles. The van der Waals surface area contributed by atoms with E-state index in [4.69, 9.17) is 4.74 Å². The normalized spacial score (nSPS) is 11.7. The van der Waals surface area contributed by atoms with Crippen LogP contribution >= 0.6 is 0 Å². The first-order chi connectivity index (χ1) is 13.1. The Morgan fingerprint density at radius 1 is 1.04 bits per heavy atom. The molecule has 7 heteroatoms. The van der Waals surface area contributed by atoms with E-state index >= 15 is 0 Å². The highest BCUT2D eigenvalue weighted by Crippen LogP contribution is 2.24. The lowest BCUT2D eigenvalue weighted by molar-refractivity contribution is -0.119. The molecule has 0 saturated heterocycles. The molecule has 0 aromatic heterocycles. The van der Waals surface area contributed by atoms with E-state index in [9.17, 15) is 13.2 Å². The highest BCUT2D eigenvalue weighted by atomic mass is 32.2. The summed E-state index contributed by atoms with van der Waals surface area (Å²) in [5, 5.41) is 2.69. The zero-order valence-corrected chi connectivity index (χ0v) is 17.6. The minimum absolute atomic E-state index is 0.0801. The molecule has 0 saturated carbocycles. The molecule has 6 nitrogen and oxygen atoms in total. The van der Waals surface area contributed by atoms with Crippen LogP contribution in [0, 0.1) is 0 Å². The average molecular weight is 405 g/mol. The third kappa shape index (κ3) is 6.56. The maximum atomic E-state index is 12.2. The van der Waals surface area contributed by atoms with Gasteiger partial charge in [0.05, 0.1) is 18.5 Å². The zero-order chi connectivity index (χ0) is 20.8. The second-order valence-corrected chi connectivity index (χ2v) is 9.48. The quantitative estimate of drug-likeness (QED) is 0.687. The molecule has 0 heterocycles. The van der Waals surface area contributed by atoms with Crippen molar-refractivity contribution >= 4 is 21.6 Å². The van der Waals surface area contributed by atoms with Crippen LogP contribution in [0.4, 0.5) is 5.69 Å². The van der Waals surface area contributed by atoms with Crippen LogP contribution in [0.3, 0.4) is 0 Å². The lowest BCUT2D eigenvalue weighted by Gasteiger charge is -2.21. The van der Waals surface area contributed by atoms with E-state index in [-0.39, 0.29) is 24.4 Å². The van der Waals surface area contributed by atoms with Gasteiger partial charge in [-0.05, 0) is 35.2 Å². The summed E-state index contributed by atoms with van der Waals surface area (Å²) >= 11 is 0. The molecule has 1 amide bonds. The molecule has 0 atom stereocenters. The first kappa shape index (κ1) is 21.8. The van der Waals surface area contributed by atoms with Crippen LogP contribution in [0.15, 0.2) is 54.6 Å². The van der Waals surface area contributed by atoms with Crippen LogP contribution in [0.1, 0.15) is 26.3 Å². The number of sulfonamides is 1. The summed E-state index contributed by atoms with van der Waals surface area (Å²) in [7, 11) is -3.56. The van der Waals surface area contributed by atoms with Crippen molar-refractivity contribution in [2.75, 3.05) is 30.3 Å². The van der Waals surface area contributed by atoms with Gasteiger partial charge in [-0.3, -0.25) is 9.10 Å². The lowest BCUT2D eigenvalue weighted by atomic mass is 9.87. The minimum atomic E-state index is -3.56. The zero-order valence-electron chi connectivity index (χ0n) is 16.8. The maximum Gasteiger partial charge on any atom is 0.240 e. The summed E-state index contributed by atoms with van der Waals surface area (Å²) in [5.74, 6) is 0.338. The molecular formula is C21H28N2O4S. The largest absolute Gasteiger partial charge is 0.492 e. The summed E-state index contributed by atoms with van der Waals surface area (Å²) in [4.78, 5) is 12.2. The number of carbonyl (C=O) groups excluding carboxylic acids is 1. The molecule has 0 aliphatic heterocycles. The van der Waals surface area contributed by atoms with Crippen LogP contribution in [0.5, 0.6) is 5.75 Å². The Morgan fingerprint density at radius 3 is 2.18 bits per heavy atom. The van der Waals surface area contributed by atoms with Crippen molar-refractivity contribution in [3.8, 4) is 5.75 Å². The van der Waals surface area contributed by atoms with Crippen molar-refractivity contribution in [2.45, 2.75) is 26.2 Å². The third-order valence-electron chi connectivity index (χ3n) is 4.15. The number of benzene rings is 2. The third-order valence-corrected chi connectivity index (χ3v) is 5.29. The second-order valence-electron chi connectivity index (χ2n) is 7.58. The summed E-state index contributed by atoms with van der Waals surface area (Å²) in [6, 6.07) is 16.4. The van der Waals surface area contributed by atoms with Gasteiger partial charge in [-0.25, -0.2) is 8.42 Å². The van der Waals surface area contributed by atoms with E-state index in [1.54, 1.807) is 30.3 Å². The summed E-state index contributed by atoms with van der Waals surface area (Å²) in [5.41, 5.74) is 1.75. The Labute approximate surface area is 167 Å². The molecule has 2 rings (SSSR count). The van der Waals surface area contributed by atoms with Gasteiger partial charge in [0.1, 0.15) is 18.9 Å². The van der Waals surface area contributed by atoms with Gasteiger partial charge >= 0.3 is 0 Å². The number of nitrogens with zero attached hydrogens (tertiary/aromatic N) is 1. The first-order valence-electron chi connectivity index (χ1n) is 9.10. The molecule has 0 spiro atoms. The van der Waals surface area contributed by atoms with Crippen LogP contribution in [0.2, 0.25) is 0 Å². The van der Waals surface area contributed by atoms with Gasteiger partial charge in [0.25, 0.3) is 0 Å².